The fourth-order valence-corrected chi connectivity index (χ4v) is 19.0. The molecule has 3 aliphatic carbocycles. The van der Waals surface area contributed by atoms with E-state index in [4.69, 9.17) is 0 Å². The molecule has 0 saturated carbocycles. The molecule has 0 radical (unpaired) electrons. The molecule has 5 heterocycles. The molecule has 12 aromatic rings. The number of allylic oxidation sites excluding steroid dienone is 4. The Balaban J connectivity index is 0.956. The van der Waals surface area contributed by atoms with E-state index in [2.05, 4.69) is 191 Å². The zero-order valence-corrected chi connectivity index (χ0v) is 48.1. The van der Waals surface area contributed by atoms with E-state index in [-0.39, 0.29) is 11.4 Å². The lowest BCUT2D eigenvalue weighted by Gasteiger charge is -2.36. The Kier molecular flexibility index (Phi) is 11.2. The molecule has 0 saturated heterocycles. The zero-order valence-electron chi connectivity index (χ0n) is 44.0. The predicted octanol–water partition coefficient (Wildman–Crippen LogP) is 19.8. The lowest BCUT2D eigenvalue weighted by molar-refractivity contribution is 0.104. The van der Waals surface area contributed by atoms with Gasteiger partial charge in [-0.15, -0.1) is 56.7 Å². The quantitative estimate of drug-likeness (QED) is 0.112. The highest BCUT2D eigenvalue weighted by Crippen LogP contribution is 2.68. The molecule has 5 aromatic heterocycles. The summed E-state index contributed by atoms with van der Waals surface area (Å²) in [6.45, 7) is 8.75. The average Bonchev–Trinajstić information content (AvgIpc) is 4.31. The van der Waals surface area contributed by atoms with Gasteiger partial charge in [-0.2, -0.15) is 10.5 Å². The van der Waals surface area contributed by atoms with Crippen molar-refractivity contribution in [3.8, 4) is 53.2 Å². The van der Waals surface area contributed by atoms with Crippen LogP contribution in [0.4, 0.5) is 0 Å². The van der Waals surface area contributed by atoms with Crippen LogP contribution in [0.15, 0.2) is 205 Å². The molecule has 0 unspecified atom stereocenters. The van der Waals surface area contributed by atoms with Crippen LogP contribution >= 0.6 is 56.7 Å². The van der Waals surface area contributed by atoms with Gasteiger partial charge in [0.1, 0.15) is 17.7 Å². The number of rotatable bonds is 8. The van der Waals surface area contributed by atoms with Crippen LogP contribution in [0.2, 0.25) is 0 Å². The second-order valence-corrected chi connectivity index (χ2v) is 26.7. The smallest absolute Gasteiger partial charge is 0.194 e. The molecule has 0 bridgehead atoms. The number of nitriles is 2. The summed E-state index contributed by atoms with van der Waals surface area (Å²) in [7, 11) is 0. The summed E-state index contributed by atoms with van der Waals surface area (Å²) >= 11 is 9.34. The van der Waals surface area contributed by atoms with E-state index in [9.17, 15) is 15.3 Å². The summed E-state index contributed by atoms with van der Waals surface area (Å²) in [5, 5.41) is 23.3. The van der Waals surface area contributed by atoms with Crippen LogP contribution in [0.5, 0.6) is 0 Å². The average molecular weight is 1120 g/mol. The maximum atomic E-state index is 13.8. The molecule has 3 aliphatic rings. The minimum atomic E-state index is -0.647. The maximum Gasteiger partial charge on any atom is 0.194 e. The molecular formula is C72H46N2OS5. The van der Waals surface area contributed by atoms with Gasteiger partial charge in [0.25, 0.3) is 0 Å². The Labute approximate surface area is 484 Å². The SMILES string of the molecule is Cc1ccc(C2(c3ccc(C)cc3)c3cc4c(cc3-c3sc5cc(-c6ccc(C/C=C7\C(=O)c8ccccc8C7=C(C#N)C#N)s6)ccc5c32)C(c2ccc(C)cc2)(c2ccc(C)cc2)c2c-4sc3cc(-c4cccs4)sc23)cc1. The first-order valence-electron chi connectivity index (χ1n) is 26.7. The summed E-state index contributed by atoms with van der Waals surface area (Å²) < 4.78 is 3.93. The molecule has 0 atom stereocenters. The molecule has 3 nitrogen and oxygen atoms in total. The highest BCUT2D eigenvalue weighted by molar-refractivity contribution is 7.32. The van der Waals surface area contributed by atoms with Gasteiger partial charge in [-0.25, -0.2) is 0 Å². The number of ketones is 1. The standard InChI is InChI=1S/C72H46N2OS5/c1-40-11-20-46(21-12-40)71(47-22-13-41(2)14-23-47)57-36-56-58(72(48-24-15-42(3)16-25-48,49-26-17-43(4)18-27-49)66-69(56)80-63-37-62(79-70(63)66)60-10-7-33-76-60)35-55(57)68-65(71)53-30-19-44(34-61(53)78-68)59-32-29-50(77-59)28-31-54-64(45(38-73)39-74)51-8-5-6-9-52(51)67(54)75/h5-27,29-37H,28H2,1-4H3/b54-31-. The van der Waals surface area contributed by atoms with E-state index in [1.807, 2.05) is 81.8 Å². The Morgan fingerprint density at radius 1 is 0.500 bits per heavy atom. The van der Waals surface area contributed by atoms with Gasteiger partial charge in [0.15, 0.2) is 5.78 Å². The van der Waals surface area contributed by atoms with Crippen molar-refractivity contribution in [3.63, 3.8) is 0 Å². The Hall–Kier alpha value is -8.31. The molecule has 15 rings (SSSR count). The number of hydrogen-bond donors (Lipinski definition) is 0. The largest absolute Gasteiger partial charge is 0.289 e. The van der Waals surface area contributed by atoms with Crippen LogP contribution in [0.3, 0.4) is 0 Å². The van der Waals surface area contributed by atoms with Crippen molar-refractivity contribution in [2.75, 3.05) is 0 Å². The number of benzene rings is 7. The van der Waals surface area contributed by atoms with Gasteiger partial charge in [-0.05, 0) is 142 Å². The lowest BCUT2D eigenvalue weighted by Crippen LogP contribution is -2.30. The number of fused-ring (bicyclic) bond motifs is 11. The lowest BCUT2D eigenvalue weighted by atomic mass is 9.65. The third kappa shape index (κ3) is 7.00. The molecule has 0 aliphatic heterocycles. The van der Waals surface area contributed by atoms with Crippen molar-refractivity contribution in [1.82, 2.24) is 0 Å². The van der Waals surface area contributed by atoms with E-state index in [1.165, 1.54) is 117 Å². The number of Topliss-reactive ketones (excluding diaryl/α,β-unsaturated/α-hetero) is 1. The normalized spacial score (nSPS) is 14.8. The second-order valence-electron chi connectivity index (χ2n) is 21.4. The Bertz CT molecular complexity index is 4620. The first kappa shape index (κ1) is 48.8. The van der Waals surface area contributed by atoms with Crippen LogP contribution < -0.4 is 0 Å². The fourth-order valence-electron chi connectivity index (χ4n) is 13.1. The minimum Gasteiger partial charge on any atom is -0.289 e. The predicted molar refractivity (Wildman–Crippen MR) is 336 cm³/mol. The van der Waals surface area contributed by atoms with Crippen molar-refractivity contribution >= 4 is 87.5 Å². The summed E-state index contributed by atoms with van der Waals surface area (Å²) in [6, 6.07) is 72.2. The van der Waals surface area contributed by atoms with Crippen LogP contribution in [-0.2, 0) is 17.3 Å². The maximum absolute atomic E-state index is 13.8. The van der Waals surface area contributed by atoms with Crippen molar-refractivity contribution in [3.05, 3.63) is 287 Å². The number of carbonyl (C=O) groups is 1. The highest BCUT2D eigenvalue weighted by atomic mass is 32.1. The van der Waals surface area contributed by atoms with Crippen molar-refractivity contribution in [1.29, 1.82) is 10.5 Å². The van der Waals surface area contributed by atoms with E-state index in [0.29, 0.717) is 28.7 Å². The van der Waals surface area contributed by atoms with Crippen molar-refractivity contribution in [2.24, 2.45) is 0 Å². The van der Waals surface area contributed by atoms with Crippen LogP contribution in [0.25, 0.3) is 66.1 Å². The molecular weight excluding hydrogens is 1070 g/mol. The Morgan fingerprint density at radius 3 is 1.61 bits per heavy atom. The number of hydrogen-bond acceptors (Lipinski definition) is 8. The highest BCUT2D eigenvalue weighted by Gasteiger charge is 2.54. The van der Waals surface area contributed by atoms with Gasteiger partial charge in [0.2, 0.25) is 0 Å². The summed E-state index contributed by atoms with van der Waals surface area (Å²) in [5.74, 6) is -0.152. The summed E-state index contributed by atoms with van der Waals surface area (Å²) in [4.78, 5) is 21.3. The molecule has 380 valence electrons. The van der Waals surface area contributed by atoms with Crippen molar-refractivity contribution in [2.45, 2.75) is 44.9 Å². The third-order valence-electron chi connectivity index (χ3n) is 16.8. The fraction of sp³-hybridized carbons (Fsp3) is 0.0972. The first-order chi connectivity index (χ1) is 39.1. The van der Waals surface area contributed by atoms with Gasteiger partial charge in [-0.1, -0.05) is 168 Å². The summed E-state index contributed by atoms with van der Waals surface area (Å²) in [5.41, 5.74) is 19.8. The third-order valence-corrected chi connectivity index (χ3v) is 22.7. The van der Waals surface area contributed by atoms with Gasteiger partial charge in [-0.3, -0.25) is 4.79 Å². The molecule has 0 fully saturated rings. The van der Waals surface area contributed by atoms with Gasteiger partial charge in [0.05, 0.1) is 15.5 Å². The van der Waals surface area contributed by atoms with Gasteiger partial charge < -0.3 is 0 Å². The zero-order chi connectivity index (χ0) is 54.2. The molecule has 7 aromatic carbocycles. The molecule has 80 heavy (non-hydrogen) atoms. The van der Waals surface area contributed by atoms with E-state index < -0.39 is 10.8 Å². The van der Waals surface area contributed by atoms with E-state index >= 15 is 0 Å². The number of thiophene rings is 5. The number of nitrogens with zero attached hydrogens (tertiary/aromatic N) is 2. The Morgan fingerprint density at radius 2 is 1.05 bits per heavy atom. The van der Waals surface area contributed by atoms with E-state index in [0.717, 1.165) is 15.3 Å². The molecule has 8 heteroatoms. The number of carbonyl (C=O) groups excluding carboxylic acids is 1. The van der Waals surface area contributed by atoms with Crippen LogP contribution in [0, 0.1) is 50.4 Å². The van der Waals surface area contributed by atoms with Crippen molar-refractivity contribution < 1.29 is 4.79 Å². The first-order valence-corrected chi connectivity index (χ1v) is 30.9. The molecule has 0 N–H and O–H groups in total. The molecule has 0 spiro atoms. The van der Waals surface area contributed by atoms with E-state index in [1.54, 1.807) is 17.4 Å². The second kappa shape index (κ2) is 18.4. The van der Waals surface area contributed by atoms with Crippen LogP contribution in [-0.4, -0.2) is 5.78 Å². The van der Waals surface area contributed by atoms with Gasteiger partial charge in [0, 0.05) is 67.4 Å². The molecule has 0 amide bonds. The summed E-state index contributed by atoms with van der Waals surface area (Å²) in [6.07, 6.45) is 2.39. The number of aryl methyl sites for hydroxylation is 4. The van der Waals surface area contributed by atoms with Crippen LogP contribution in [0.1, 0.15) is 87.6 Å². The monoisotopic (exact) mass is 1110 g/mol. The minimum absolute atomic E-state index is 0.0462. The van der Waals surface area contributed by atoms with Gasteiger partial charge >= 0.3 is 0 Å². The topological polar surface area (TPSA) is 64.7 Å².